The van der Waals surface area contributed by atoms with E-state index < -0.39 is 17.4 Å². The number of para-hydroxylation sites is 1. The summed E-state index contributed by atoms with van der Waals surface area (Å²) in [4.78, 5) is 44.0. The second-order valence-corrected chi connectivity index (χ2v) is 8.60. The van der Waals surface area contributed by atoms with Crippen LogP contribution in [-0.4, -0.2) is 35.2 Å². The Morgan fingerprint density at radius 2 is 1.86 bits per heavy atom. The van der Waals surface area contributed by atoms with E-state index in [1.165, 1.54) is 4.90 Å². The first kappa shape index (κ1) is 17.2. The normalized spacial score (nSPS) is 32.7. The molecule has 4 atom stereocenters. The molecular weight excluding hydrogens is 390 g/mol. The van der Waals surface area contributed by atoms with E-state index in [-0.39, 0.29) is 23.8 Å². The number of rotatable bonds is 1. The van der Waals surface area contributed by atoms with Gasteiger partial charge in [-0.25, -0.2) is 4.90 Å². The zero-order chi connectivity index (χ0) is 19.9. The molecule has 3 amide bonds. The molecule has 0 aromatic heterocycles. The van der Waals surface area contributed by atoms with Crippen LogP contribution < -0.4 is 10.2 Å². The smallest absolute Gasteiger partial charge is 0.250 e. The zero-order valence-electron chi connectivity index (χ0n) is 15.5. The van der Waals surface area contributed by atoms with E-state index >= 15 is 0 Å². The molecular formula is C22H18ClN3O3. The maximum Gasteiger partial charge on any atom is 0.250 e. The van der Waals surface area contributed by atoms with Crippen LogP contribution in [0.15, 0.2) is 48.5 Å². The van der Waals surface area contributed by atoms with Gasteiger partial charge in [-0.15, -0.1) is 0 Å². The van der Waals surface area contributed by atoms with Gasteiger partial charge in [0.2, 0.25) is 17.7 Å². The largest absolute Gasteiger partial charge is 0.324 e. The molecule has 2 aromatic carbocycles. The molecule has 3 fully saturated rings. The Morgan fingerprint density at radius 3 is 2.69 bits per heavy atom. The minimum Gasteiger partial charge on any atom is -0.324 e. The summed E-state index contributed by atoms with van der Waals surface area (Å²) < 4.78 is 0. The fourth-order valence-corrected chi connectivity index (χ4v) is 6.21. The first-order valence-electron chi connectivity index (χ1n) is 9.86. The minimum absolute atomic E-state index is 0.113. The topological polar surface area (TPSA) is 69.7 Å². The molecule has 0 radical (unpaired) electrons. The first-order valence-corrected chi connectivity index (χ1v) is 10.2. The summed E-state index contributed by atoms with van der Waals surface area (Å²) in [6.07, 6.45) is 1.71. The Hall–Kier alpha value is -2.70. The lowest BCUT2D eigenvalue weighted by atomic mass is 9.75. The SMILES string of the molecule is O=C1[C@H]2[C@@H](C(=O)N1c1cccc(Cl)c1)[C@]1(C(=O)Nc3ccccc31)N1CCC[C@@H]21. The Bertz CT molecular complexity index is 1100. The number of hydrogen-bond acceptors (Lipinski definition) is 4. The quantitative estimate of drug-likeness (QED) is 0.738. The first-order chi connectivity index (χ1) is 14.0. The molecule has 6 nitrogen and oxygen atoms in total. The number of nitrogens with zero attached hydrogens (tertiary/aromatic N) is 2. The average Bonchev–Trinajstić information content (AvgIpc) is 3.40. The third-order valence-electron chi connectivity index (χ3n) is 6.97. The molecule has 1 spiro atoms. The number of hydrogen-bond donors (Lipinski definition) is 1. The van der Waals surface area contributed by atoms with E-state index in [9.17, 15) is 14.4 Å². The summed E-state index contributed by atoms with van der Waals surface area (Å²) in [5.74, 6) is -2.01. The van der Waals surface area contributed by atoms with Gasteiger partial charge in [0.05, 0.1) is 17.5 Å². The lowest BCUT2D eigenvalue weighted by molar-refractivity contribution is -0.135. The lowest BCUT2D eigenvalue weighted by Gasteiger charge is -2.36. The molecule has 6 rings (SSSR count). The van der Waals surface area contributed by atoms with Gasteiger partial charge in [-0.3, -0.25) is 19.3 Å². The second kappa shape index (κ2) is 5.68. The molecule has 4 aliphatic rings. The van der Waals surface area contributed by atoms with Crippen molar-refractivity contribution >= 4 is 40.7 Å². The lowest BCUT2D eigenvalue weighted by Crippen LogP contribution is -2.54. The highest BCUT2D eigenvalue weighted by Crippen LogP contribution is 2.60. The van der Waals surface area contributed by atoms with Crippen LogP contribution in [-0.2, 0) is 19.9 Å². The van der Waals surface area contributed by atoms with Crippen LogP contribution >= 0.6 is 11.6 Å². The van der Waals surface area contributed by atoms with Gasteiger partial charge in [-0.05, 0) is 43.7 Å². The van der Waals surface area contributed by atoms with Gasteiger partial charge >= 0.3 is 0 Å². The van der Waals surface area contributed by atoms with E-state index in [4.69, 9.17) is 11.6 Å². The van der Waals surface area contributed by atoms with Crippen molar-refractivity contribution < 1.29 is 14.4 Å². The van der Waals surface area contributed by atoms with Crippen molar-refractivity contribution in [3.8, 4) is 0 Å². The Morgan fingerprint density at radius 1 is 1.03 bits per heavy atom. The van der Waals surface area contributed by atoms with Crippen LogP contribution in [0.4, 0.5) is 11.4 Å². The summed E-state index contributed by atoms with van der Waals surface area (Å²) >= 11 is 6.12. The molecule has 1 N–H and O–H groups in total. The monoisotopic (exact) mass is 407 g/mol. The number of amides is 3. The predicted molar refractivity (Wildman–Crippen MR) is 107 cm³/mol. The predicted octanol–water partition coefficient (Wildman–Crippen LogP) is 2.77. The van der Waals surface area contributed by atoms with Gasteiger partial charge in [0.25, 0.3) is 0 Å². The molecule has 3 saturated heterocycles. The van der Waals surface area contributed by atoms with Crippen molar-refractivity contribution in [1.82, 2.24) is 4.90 Å². The number of anilines is 2. The standard InChI is InChI=1S/C22H18ClN3O3/c23-12-5-3-6-13(11-12)26-19(27)17-16-9-4-10-25(16)22(18(17)20(26)28)14-7-1-2-8-15(14)24-21(22)29/h1-3,5-8,11,16-18H,4,9-10H2,(H,24,29)/t16-,17+,18-,22+/m0/s1. The maximum absolute atomic E-state index is 13.7. The van der Waals surface area contributed by atoms with Crippen molar-refractivity contribution in [2.45, 2.75) is 24.4 Å². The van der Waals surface area contributed by atoms with E-state index in [1.54, 1.807) is 24.3 Å². The molecule has 0 saturated carbocycles. The van der Waals surface area contributed by atoms with Crippen molar-refractivity contribution in [3.63, 3.8) is 0 Å². The molecule has 0 aliphatic carbocycles. The summed E-state index contributed by atoms with van der Waals surface area (Å²) in [6.45, 7) is 0.706. The summed E-state index contributed by atoms with van der Waals surface area (Å²) in [5, 5.41) is 3.43. The van der Waals surface area contributed by atoms with Crippen LogP contribution in [0, 0.1) is 11.8 Å². The van der Waals surface area contributed by atoms with Crippen LogP contribution in [0.25, 0.3) is 0 Å². The fraction of sp³-hybridized carbons (Fsp3) is 0.318. The molecule has 146 valence electrons. The number of benzene rings is 2. The Kier molecular flexibility index (Phi) is 3.36. The highest BCUT2D eigenvalue weighted by Gasteiger charge is 2.74. The van der Waals surface area contributed by atoms with E-state index in [2.05, 4.69) is 10.2 Å². The van der Waals surface area contributed by atoms with Gasteiger partial charge in [0.1, 0.15) is 5.54 Å². The van der Waals surface area contributed by atoms with Gasteiger partial charge in [-0.1, -0.05) is 35.9 Å². The van der Waals surface area contributed by atoms with E-state index in [0.29, 0.717) is 17.3 Å². The molecule has 2 aromatic rings. The number of imide groups is 1. The number of nitrogens with one attached hydrogen (secondary N) is 1. The molecule has 4 heterocycles. The highest BCUT2D eigenvalue weighted by atomic mass is 35.5. The van der Waals surface area contributed by atoms with Gasteiger partial charge in [0.15, 0.2) is 0 Å². The third-order valence-corrected chi connectivity index (χ3v) is 7.20. The van der Waals surface area contributed by atoms with E-state index in [1.807, 2.05) is 24.3 Å². The molecule has 7 heteroatoms. The molecule has 0 unspecified atom stereocenters. The van der Waals surface area contributed by atoms with Crippen LogP contribution in [0.5, 0.6) is 0 Å². The zero-order valence-corrected chi connectivity index (χ0v) is 16.2. The van der Waals surface area contributed by atoms with E-state index in [0.717, 1.165) is 24.1 Å². The van der Waals surface area contributed by atoms with Gasteiger partial charge in [0, 0.05) is 22.3 Å². The summed E-state index contributed by atoms with van der Waals surface area (Å²) in [5.41, 5.74) is 0.875. The van der Waals surface area contributed by atoms with Crippen molar-refractivity contribution in [2.75, 3.05) is 16.8 Å². The van der Waals surface area contributed by atoms with Crippen LogP contribution in [0.3, 0.4) is 0 Å². The second-order valence-electron chi connectivity index (χ2n) is 8.16. The van der Waals surface area contributed by atoms with Crippen LogP contribution in [0.2, 0.25) is 5.02 Å². The van der Waals surface area contributed by atoms with Crippen molar-refractivity contribution in [3.05, 3.63) is 59.1 Å². The summed E-state index contributed by atoms with van der Waals surface area (Å²) in [7, 11) is 0. The summed E-state index contributed by atoms with van der Waals surface area (Å²) in [6, 6.07) is 14.2. The minimum atomic E-state index is -1.12. The Balaban J connectivity index is 1.56. The Labute approximate surface area is 172 Å². The maximum atomic E-state index is 13.7. The number of fused-ring (bicyclic) bond motifs is 7. The third kappa shape index (κ3) is 1.93. The van der Waals surface area contributed by atoms with Gasteiger partial charge < -0.3 is 5.32 Å². The molecule has 29 heavy (non-hydrogen) atoms. The average molecular weight is 408 g/mol. The van der Waals surface area contributed by atoms with Crippen molar-refractivity contribution in [2.24, 2.45) is 11.8 Å². The molecule has 4 aliphatic heterocycles. The highest BCUT2D eigenvalue weighted by molar-refractivity contribution is 6.31. The van der Waals surface area contributed by atoms with Crippen LogP contribution in [0.1, 0.15) is 18.4 Å². The number of halogens is 1. The van der Waals surface area contributed by atoms with Gasteiger partial charge in [-0.2, -0.15) is 0 Å². The van der Waals surface area contributed by atoms with Crippen molar-refractivity contribution in [1.29, 1.82) is 0 Å². The molecule has 0 bridgehead atoms. The number of carbonyl (C=O) groups excluding carboxylic acids is 3. The number of carbonyl (C=O) groups is 3. The fourth-order valence-electron chi connectivity index (χ4n) is 6.03.